The maximum absolute atomic E-state index is 11.3. The van der Waals surface area contributed by atoms with E-state index in [1.807, 2.05) is 0 Å². The van der Waals surface area contributed by atoms with Crippen molar-refractivity contribution in [3.8, 4) is 0 Å². The van der Waals surface area contributed by atoms with Crippen molar-refractivity contribution in [2.24, 2.45) is 0 Å². The first-order chi connectivity index (χ1) is 7.71. The summed E-state index contributed by atoms with van der Waals surface area (Å²) in [5, 5.41) is 12.6. The van der Waals surface area contributed by atoms with E-state index in [4.69, 9.17) is 4.74 Å². The van der Waals surface area contributed by atoms with Gasteiger partial charge in [0, 0.05) is 19.1 Å². The van der Waals surface area contributed by atoms with Crippen molar-refractivity contribution in [1.82, 2.24) is 10.2 Å². The second-order valence-electron chi connectivity index (χ2n) is 5.21. The third kappa shape index (κ3) is 1.58. The van der Waals surface area contributed by atoms with Crippen molar-refractivity contribution in [3.05, 3.63) is 0 Å². The molecule has 1 saturated carbocycles. The lowest BCUT2D eigenvalue weighted by molar-refractivity contribution is -0.0112. The number of fused-ring (bicyclic) bond motifs is 2. The van der Waals surface area contributed by atoms with Crippen LogP contribution in [0.15, 0.2) is 0 Å². The zero-order valence-corrected chi connectivity index (χ0v) is 9.32. The smallest absolute Gasteiger partial charge is 0.408 e. The number of piperazine rings is 1. The summed E-state index contributed by atoms with van der Waals surface area (Å²) in [6, 6.07) is 0.147. The van der Waals surface area contributed by atoms with Gasteiger partial charge in [0.25, 0.3) is 0 Å². The Morgan fingerprint density at radius 2 is 2.31 bits per heavy atom. The van der Waals surface area contributed by atoms with Crippen LogP contribution in [0.3, 0.4) is 0 Å². The zero-order valence-electron chi connectivity index (χ0n) is 9.32. The minimum Gasteiger partial charge on any atom is -0.465 e. The molecular weight excluding hydrogens is 208 g/mol. The lowest BCUT2D eigenvalue weighted by Crippen LogP contribution is -2.64. The third-order valence-corrected chi connectivity index (χ3v) is 3.97. The first kappa shape index (κ1) is 10.4. The van der Waals surface area contributed by atoms with Gasteiger partial charge in [-0.2, -0.15) is 0 Å². The van der Waals surface area contributed by atoms with E-state index in [0.717, 1.165) is 38.8 Å². The average Bonchev–Trinajstić information content (AvgIpc) is 3.03. The predicted octanol–water partition coefficient (Wildman–Crippen LogP) is 0.650. The van der Waals surface area contributed by atoms with E-state index < -0.39 is 6.09 Å². The van der Waals surface area contributed by atoms with E-state index in [-0.39, 0.29) is 11.6 Å². The molecule has 2 saturated heterocycles. The van der Waals surface area contributed by atoms with Gasteiger partial charge in [0.05, 0.1) is 18.2 Å². The molecule has 2 bridgehead atoms. The van der Waals surface area contributed by atoms with Crippen molar-refractivity contribution < 1.29 is 14.6 Å². The van der Waals surface area contributed by atoms with Gasteiger partial charge in [-0.05, 0) is 25.7 Å². The maximum atomic E-state index is 11.3. The molecule has 2 heterocycles. The summed E-state index contributed by atoms with van der Waals surface area (Å²) >= 11 is 0. The maximum Gasteiger partial charge on any atom is 0.408 e. The van der Waals surface area contributed by atoms with Gasteiger partial charge in [-0.15, -0.1) is 0 Å². The Bertz CT molecular complexity index is 302. The molecule has 0 aromatic carbocycles. The molecule has 0 spiro atoms. The van der Waals surface area contributed by atoms with E-state index in [0.29, 0.717) is 12.7 Å². The number of nitrogens with zero attached hydrogens (tertiary/aromatic N) is 1. The highest BCUT2D eigenvalue weighted by Crippen LogP contribution is 2.38. The second kappa shape index (κ2) is 3.60. The molecule has 5 nitrogen and oxygen atoms in total. The van der Waals surface area contributed by atoms with Crippen LogP contribution in [0.2, 0.25) is 0 Å². The summed E-state index contributed by atoms with van der Waals surface area (Å²) in [5.74, 6) is 0. The van der Waals surface area contributed by atoms with Crippen LogP contribution in [0.25, 0.3) is 0 Å². The van der Waals surface area contributed by atoms with Gasteiger partial charge in [-0.1, -0.05) is 0 Å². The highest BCUT2D eigenvalue weighted by atomic mass is 16.5. The minimum atomic E-state index is -0.789. The van der Waals surface area contributed by atoms with Gasteiger partial charge >= 0.3 is 6.09 Å². The van der Waals surface area contributed by atoms with Crippen LogP contribution in [-0.4, -0.2) is 53.5 Å². The summed E-state index contributed by atoms with van der Waals surface area (Å²) < 4.78 is 5.75. The van der Waals surface area contributed by atoms with Crippen LogP contribution in [0.1, 0.15) is 25.7 Å². The lowest BCUT2D eigenvalue weighted by Gasteiger charge is -2.43. The Hall–Kier alpha value is -0.810. The monoisotopic (exact) mass is 226 g/mol. The summed E-state index contributed by atoms with van der Waals surface area (Å²) in [5.41, 5.74) is -0.294. The van der Waals surface area contributed by atoms with Crippen LogP contribution < -0.4 is 5.32 Å². The molecule has 3 fully saturated rings. The van der Waals surface area contributed by atoms with E-state index in [9.17, 15) is 9.90 Å². The fourth-order valence-corrected chi connectivity index (χ4v) is 2.97. The van der Waals surface area contributed by atoms with Crippen LogP contribution in [-0.2, 0) is 4.74 Å². The molecule has 3 aliphatic rings. The lowest BCUT2D eigenvalue weighted by atomic mass is 9.97. The van der Waals surface area contributed by atoms with Gasteiger partial charge < -0.3 is 15.2 Å². The Kier molecular flexibility index (Phi) is 2.33. The van der Waals surface area contributed by atoms with Gasteiger partial charge in [-0.25, -0.2) is 4.79 Å². The highest BCUT2D eigenvalue weighted by molar-refractivity contribution is 5.67. The predicted molar refractivity (Wildman–Crippen MR) is 57.5 cm³/mol. The van der Waals surface area contributed by atoms with Crippen molar-refractivity contribution in [1.29, 1.82) is 0 Å². The first-order valence-corrected chi connectivity index (χ1v) is 6.06. The molecule has 3 rings (SSSR count). The Balaban J connectivity index is 1.75. The number of hydrogen-bond acceptors (Lipinski definition) is 3. The van der Waals surface area contributed by atoms with Crippen LogP contribution in [0.4, 0.5) is 4.79 Å². The quantitative estimate of drug-likeness (QED) is 0.741. The molecule has 0 aromatic heterocycles. The molecular formula is C11H18N2O3. The Labute approximate surface area is 94.8 Å². The summed E-state index contributed by atoms with van der Waals surface area (Å²) in [6.07, 6.45) is 3.78. The van der Waals surface area contributed by atoms with Crippen LogP contribution in [0, 0.1) is 0 Å². The fourth-order valence-electron chi connectivity index (χ4n) is 2.97. The largest absolute Gasteiger partial charge is 0.465 e. The molecule has 0 unspecified atom stereocenters. The molecule has 1 aliphatic carbocycles. The number of rotatable bonds is 3. The normalized spacial score (nSPS) is 37.8. The topological polar surface area (TPSA) is 61.8 Å². The minimum absolute atomic E-state index is 0.147. The van der Waals surface area contributed by atoms with Gasteiger partial charge in [0.2, 0.25) is 0 Å². The average molecular weight is 226 g/mol. The van der Waals surface area contributed by atoms with Gasteiger partial charge in [0.1, 0.15) is 0 Å². The fraction of sp³-hybridized carbons (Fsp3) is 0.909. The van der Waals surface area contributed by atoms with E-state index in [1.165, 1.54) is 0 Å². The Morgan fingerprint density at radius 3 is 3.00 bits per heavy atom. The summed E-state index contributed by atoms with van der Waals surface area (Å²) in [6.45, 7) is 2.09. The standard InChI is InChI=1S/C11H18N2O3/c14-10(15)13-8-3-4-11(13,6-12-5-8)7-16-9-1-2-9/h8-9,12H,1-7H2,(H,14,15)/t8-,11+/m0/s1. The number of amides is 1. The van der Waals surface area contributed by atoms with Crippen molar-refractivity contribution in [2.75, 3.05) is 19.7 Å². The molecule has 16 heavy (non-hydrogen) atoms. The molecule has 90 valence electrons. The molecule has 1 amide bonds. The number of nitrogens with one attached hydrogen (secondary N) is 1. The van der Waals surface area contributed by atoms with Crippen LogP contribution in [0.5, 0.6) is 0 Å². The number of hydrogen-bond donors (Lipinski definition) is 2. The number of carboxylic acid groups (broad SMARTS) is 1. The first-order valence-electron chi connectivity index (χ1n) is 6.06. The summed E-state index contributed by atoms with van der Waals surface area (Å²) in [7, 11) is 0. The SMILES string of the molecule is O=C(O)N1[C@H]2CC[C@]1(COC1CC1)CNC2. The summed E-state index contributed by atoms with van der Waals surface area (Å²) in [4.78, 5) is 13.0. The third-order valence-electron chi connectivity index (χ3n) is 3.97. The van der Waals surface area contributed by atoms with Gasteiger partial charge in [-0.3, -0.25) is 4.90 Å². The number of ether oxygens (including phenoxy) is 1. The van der Waals surface area contributed by atoms with Gasteiger partial charge in [0.15, 0.2) is 0 Å². The van der Waals surface area contributed by atoms with E-state index in [1.54, 1.807) is 4.90 Å². The Morgan fingerprint density at radius 1 is 1.50 bits per heavy atom. The highest BCUT2D eigenvalue weighted by Gasteiger charge is 2.52. The van der Waals surface area contributed by atoms with Crippen molar-refractivity contribution in [2.45, 2.75) is 43.4 Å². The molecule has 0 aromatic rings. The second-order valence-corrected chi connectivity index (χ2v) is 5.21. The molecule has 2 atom stereocenters. The molecule has 2 aliphatic heterocycles. The zero-order chi connectivity index (χ0) is 11.2. The molecule has 2 N–H and O–H groups in total. The van der Waals surface area contributed by atoms with Crippen molar-refractivity contribution in [3.63, 3.8) is 0 Å². The number of carbonyl (C=O) groups is 1. The van der Waals surface area contributed by atoms with Crippen molar-refractivity contribution >= 4 is 6.09 Å². The van der Waals surface area contributed by atoms with E-state index in [2.05, 4.69) is 5.32 Å². The molecule has 0 radical (unpaired) electrons. The van der Waals surface area contributed by atoms with E-state index >= 15 is 0 Å². The van der Waals surface area contributed by atoms with Crippen LogP contribution >= 0.6 is 0 Å². The molecule has 5 heteroatoms.